The van der Waals surface area contributed by atoms with E-state index in [-0.39, 0.29) is 25.2 Å². The molecule has 0 saturated heterocycles. The fourth-order valence-corrected chi connectivity index (χ4v) is 6.42. The number of unbranched alkanes of at least 4 members (excludes halogenated alkanes) is 18. The first-order valence-electron chi connectivity index (χ1n) is 24.1. The van der Waals surface area contributed by atoms with E-state index in [2.05, 4.69) is 99.8 Å². The number of allylic oxidation sites excluding steroid dienone is 14. The van der Waals surface area contributed by atoms with E-state index >= 15 is 0 Å². The molecule has 5 nitrogen and oxygen atoms in total. The Hall–Kier alpha value is -2.92. The van der Waals surface area contributed by atoms with Crippen molar-refractivity contribution in [2.24, 2.45) is 0 Å². The lowest BCUT2D eigenvalue weighted by molar-refractivity contribution is -0.162. The van der Waals surface area contributed by atoms with Crippen LogP contribution in [0.15, 0.2) is 85.1 Å². The molecule has 0 spiro atoms. The summed E-state index contributed by atoms with van der Waals surface area (Å²) in [5.41, 5.74) is 0. The van der Waals surface area contributed by atoms with Gasteiger partial charge in [-0.2, -0.15) is 0 Å². The van der Waals surface area contributed by atoms with Gasteiger partial charge in [-0.15, -0.1) is 0 Å². The van der Waals surface area contributed by atoms with Crippen molar-refractivity contribution in [1.82, 2.24) is 0 Å². The van der Waals surface area contributed by atoms with Gasteiger partial charge < -0.3 is 14.2 Å². The van der Waals surface area contributed by atoms with Gasteiger partial charge in [0.2, 0.25) is 0 Å². The van der Waals surface area contributed by atoms with Crippen LogP contribution in [-0.4, -0.2) is 37.9 Å². The molecule has 0 saturated carbocycles. The molecule has 0 bridgehead atoms. The Morgan fingerprint density at radius 1 is 0.397 bits per heavy atom. The Morgan fingerprint density at radius 2 is 0.810 bits per heavy atom. The number of hydrogen-bond donors (Lipinski definition) is 0. The summed E-state index contributed by atoms with van der Waals surface area (Å²) >= 11 is 0. The van der Waals surface area contributed by atoms with Gasteiger partial charge in [-0.25, -0.2) is 0 Å². The molecular formula is C53H90O5. The third kappa shape index (κ3) is 45.8. The van der Waals surface area contributed by atoms with Crippen molar-refractivity contribution >= 4 is 11.9 Å². The standard InChI is InChI=1S/C53H90O5/c1-4-7-10-13-16-19-22-25-27-29-31-34-37-40-43-46-52(54)57-50-51(49-56-48-45-42-39-36-33-30-26-23-20-17-14-11-8-5-2)58-53(55)47-44-41-38-35-32-28-24-21-18-15-12-9-6-3/h7,9-10,12,16,18-19,21,25,27-28,32,38,41,51H,4-6,8,11,13-15,17,20,22-24,26,29-31,33-37,39-40,42-50H2,1-3H3/b10-7-,12-9-,19-16-,21-18-,27-25-,32-28-,41-38-. The van der Waals surface area contributed by atoms with Crippen LogP contribution in [-0.2, 0) is 23.8 Å². The van der Waals surface area contributed by atoms with Gasteiger partial charge >= 0.3 is 11.9 Å². The second-order valence-electron chi connectivity index (χ2n) is 15.6. The van der Waals surface area contributed by atoms with Crippen LogP contribution in [0.4, 0.5) is 0 Å². The summed E-state index contributed by atoms with van der Waals surface area (Å²) in [6.45, 7) is 7.51. The van der Waals surface area contributed by atoms with E-state index in [0.29, 0.717) is 25.9 Å². The lowest BCUT2D eigenvalue weighted by atomic mass is 10.0. The number of carbonyl (C=O) groups excluding carboxylic acids is 2. The maximum atomic E-state index is 12.7. The molecule has 0 aromatic heterocycles. The lowest BCUT2D eigenvalue weighted by Gasteiger charge is -2.18. The summed E-state index contributed by atoms with van der Waals surface area (Å²) in [6.07, 6.45) is 63.1. The first-order chi connectivity index (χ1) is 28.6. The van der Waals surface area contributed by atoms with Crippen LogP contribution in [0.25, 0.3) is 0 Å². The normalized spacial score (nSPS) is 12.9. The third-order valence-corrected chi connectivity index (χ3v) is 9.94. The van der Waals surface area contributed by atoms with Crippen LogP contribution in [0.5, 0.6) is 0 Å². The average Bonchev–Trinajstić information content (AvgIpc) is 3.22. The molecule has 0 fully saturated rings. The zero-order valence-electron chi connectivity index (χ0n) is 38.0. The zero-order chi connectivity index (χ0) is 42.1. The number of carbonyl (C=O) groups is 2. The van der Waals surface area contributed by atoms with Crippen LogP contribution in [0.2, 0.25) is 0 Å². The minimum Gasteiger partial charge on any atom is -0.462 e. The van der Waals surface area contributed by atoms with Crippen molar-refractivity contribution in [1.29, 1.82) is 0 Å². The number of hydrogen-bond acceptors (Lipinski definition) is 5. The summed E-state index contributed by atoms with van der Waals surface area (Å²) in [7, 11) is 0. The summed E-state index contributed by atoms with van der Waals surface area (Å²) in [4.78, 5) is 25.3. The molecule has 0 rings (SSSR count). The molecule has 1 unspecified atom stereocenters. The molecule has 1 atom stereocenters. The average molecular weight is 807 g/mol. The van der Waals surface area contributed by atoms with Crippen molar-refractivity contribution in [2.45, 2.75) is 219 Å². The first kappa shape index (κ1) is 55.1. The van der Waals surface area contributed by atoms with Crippen LogP contribution in [0, 0.1) is 0 Å². The van der Waals surface area contributed by atoms with Crippen LogP contribution in [0.1, 0.15) is 213 Å². The Bertz CT molecular complexity index is 1090. The predicted octanol–water partition coefficient (Wildman–Crippen LogP) is 16.1. The van der Waals surface area contributed by atoms with Gasteiger partial charge in [-0.1, -0.05) is 209 Å². The Morgan fingerprint density at radius 3 is 1.31 bits per heavy atom. The van der Waals surface area contributed by atoms with Gasteiger partial charge in [0.05, 0.1) is 6.61 Å². The molecule has 0 N–H and O–H groups in total. The third-order valence-electron chi connectivity index (χ3n) is 9.94. The smallest absolute Gasteiger partial charge is 0.306 e. The molecule has 0 aliphatic rings. The van der Waals surface area contributed by atoms with Crippen molar-refractivity contribution in [3.63, 3.8) is 0 Å². The number of ether oxygens (including phenoxy) is 3. The summed E-state index contributed by atoms with van der Waals surface area (Å²) in [5.74, 6) is -0.510. The summed E-state index contributed by atoms with van der Waals surface area (Å²) < 4.78 is 17.3. The van der Waals surface area contributed by atoms with Crippen molar-refractivity contribution in [3.8, 4) is 0 Å². The quantitative estimate of drug-likeness (QED) is 0.0349. The molecule has 0 aliphatic carbocycles. The van der Waals surface area contributed by atoms with E-state index in [1.165, 1.54) is 89.9 Å². The fraction of sp³-hybridized carbons (Fsp3) is 0.698. The highest BCUT2D eigenvalue weighted by atomic mass is 16.6. The minimum absolute atomic E-state index is 0.0459. The van der Waals surface area contributed by atoms with Crippen molar-refractivity contribution < 1.29 is 23.8 Å². The highest BCUT2D eigenvalue weighted by molar-refractivity contribution is 5.70. The molecule has 332 valence electrons. The SMILES string of the molecule is CC/C=C\C/C=C\C/C=C\C/C=C\CCC(=O)OC(COCCCCCCCCCCCCCCCC)COC(=O)CCCCCCC/C=C\C/C=C\C/C=C\CC. The van der Waals surface area contributed by atoms with Crippen molar-refractivity contribution in [2.75, 3.05) is 19.8 Å². The number of rotatable bonds is 43. The molecule has 0 aliphatic heterocycles. The highest BCUT2D eigenvalue weighted by Crippen LogP contribution is 2.14. The highest BCUT2D eigenvalue weighted by Gasteiger charge is 2.17. The molecule has 0 heterocycles. The Labute approximate surface area is 359 Å². The number of esters is 2. The largest absolute Gasteiger partial charge is 0.462 e. The van der Waals surface area contributed by atoms with Gasteiger partial charge in [0.1, 0.15) is 6.61 Å². The van der Waals surface area contributed by atoms with Crippen LogP contribution < -0.4 is 0 Å². The van der Waals surface area contributed by atoms with Crippen LogP contribution >= 0.6 is 0 Å². The lowest BCUT2D eigenvalue weighted by Crippen LogP contribution is -2.30. The topological polar surface area (TPSA) is 61.8 Å². The summed E-state index contributed by atoms with van der Waals surface area (Å²) in [6, 6.07) is 0. The first-order valence-corrected chi connectivity index (χ1v) is 24.1. The van der Waals surface area contributed by atoms with E-state index in [0.717, 1.165) is 83.5 Å². The summed E-state index contributed by atoms with van der Waals surface area (Å²) in [5, 5.41) is 0. The van der Waals surface area contributed by atoms with Crippen LogP contribution in [0.3, 0.4) is 0 Å². The molecule has 0 amide bonds. The second-order valence-corrected chi connectivity index (χ2v) is 15.6. The zero-order valence-corrected chi connectivity index (χ0v) is 38.0. The van der Waals surface area contributed by atoms with Gasteiger partial charge in [0.25, 0.3) is 0 Å². The Balaban J connectivity index is 4.38. The Kier molecular flexibility index (Phi) is 46.0. The van der Waals surface area contributed by atoms with E-state index < -0.39 is 6.10 Å². The maximum Gasteiger partial charge on any atom is 0.306 e. The van der Waals surface area contributed by atoms with Gasteiger partial charge in [-0.05, 0) is 77.0 Å². The minimum atomic E-state index is -0.582. The van der Waals surface area contributed by atoms with E-state index in [4.69, 9.17) is 14.2 Å². The van der Waals surface area contributed by atoms with E-state index in [1.54, 1.807) is 0 Å². The fourth-order valence-electron chi connectivity index (χ4n) is 6.42. The molecule has 5 heteroatoms. The molecular weight excluding hydrogens is 717 g/mol. The predicted molar refractivity (Wildman–Crippen MR) is 251 cm³/mol. The van der Waals surface area contributed by atoms with Gasteiger partial charge in [0.15, 0.2) is 6.10 Å². The molecule has 0 radical (unpaired) electrons. The van der Waals surface area contributed by atoms with Gasteiger partial charge in [0, 0.05) is 19.4 Å². The molecule has 58 heavy (non-hydrogen) atoms. The molecule has 0 aromatic rings. The monoisotopic (exact) mass is 807 g/mol. The van der Waals surface area contributed by atoms with E-state index in [9.17, 15) is 9.59 Å². The van der Waals surface area contributed by atoms with Crippen molar-refractivity contribution in [3.05, 3.63) is 85.1 Å². The molecule has 0 aromatic carbocycles. The maximum absolute atomic E-state index is 12.7. The van der Waals surface area contributed by atoms with Gasteiger partial charge in [-0.3, -0.25) is 9.59 Å². The van der Waals surface area contributed by atoms with E-state index in [1.807, 2.05) is 6.08 Å². The second kappa shape index (κ2) is 48.4.